The zero-order chi connectivity index (χ0) is 45.7. The Bertz CT molecular complexity index is 3450. The molecule has 5 aromatic heterocycles. The molecule has 3 aliphatic heterocycles. The number of halogens is 2. The van der Waals surface area contributed by atoms with E-state index in [1.54, 1.807) is 60.7 Å². The average molecular weight is 894 g/mol. The second-order valence-corrected chi connectivity index (χ2v) is 19.6. The van der Waals surface area contributed by atoms with Crippen LogP contribution in [0.3, 0.4) is 0 Å². The molecule has 5 atom stereocenters. The van der Waals surface area contributed by atoms with Crippen LogP contribution in [-0.4, -0.2) is 77.5 Å². The SMILES string of the molecule is Cc1cc(-n2nc3c(c2-n2ccn(-c4ccc5c(cnn5C)c4F)c2=O)[C@@H]2CC[C@H](C3)N2C(=O)c2cc3cc([C@H]4CCOC(C)(C)C4)ccc3n2[C@@]2(c3n[nH]c(=O)[nH]3)C[C@@H]2C)cc(C)c1F. The number of aromatic nitrogens is 10. The van der Waals surface area contributed by atoms with Crippen LogP contribution in [0.25, 0.3) is 39.0 Å². The van der Waals surface area contributed by atoms with Crippen LogP contribution in [0.5, 0.6) is 0 Å². The maximum absolute atomic E-state index is 16.2. The third-order valence-electron chi connectivity index (χ3n) is 15.0. The topological polar surface area (TPSA) is 159 Å². The Morgan fingerprint density at radius 2 is 1.68 bits per heavy atom. The third-order valence-corrected chi connectivity index (χ3v) is 15.0. The largest absolute Gasteiger partial charge is 0.376 e. The van der Waals surface area contributed by atoms with Gasteiger partial charge in [-0.25, -0.2) is 28.2 Å². The number of imidazole rings is 1. The second kappa shape index (κ2) is 14.1. The predicted octanol–water partition coefficient (Wildman–Crippen LogP) is 7.32. The van der Waals surface area contributed by atoms with Crippen LogP contribution in [0.1, 0.15) is 109 Å². The monoisotopic (exact) mass is 893 g/mol. The van der Waals surface area contributed by atoms with Gasteiger partial charge >= 0.3 is 11.4 Å². The van der Waals surface area contributed by atoms with Crippen LogP contribution in [0.15, 0.2) is 76.7 Å². The summed E-state index contributed by atoms with van der Waals surface area (Å²) >= 11 is 0. The molecular weight excluding hydrogens is 845 g/mol. The van der Waals surface area contributed by atoms with Gasteiger partial charge in [0.2, 0.25) is 0 Å². The lowest BCUT2D eigenvalue weighted by Crippen LogP contribution is -2.43. The zero-order valence-corrected chi connectivity index (χ0v) is 37.5. The molecule has 0 spiro atoms. The first-order valence-corrected chi connectivity index (χ1v) is 22.7. The summed E-state index contributed by atoms with van der Waals surface area (Å²) in [7, 11) is 1.73. The molecule has 1 aliphatic carbocycles. The number of fused-ring (bicyclic) bond motifs is 6. The van der Waals surface area contributed by atoms with Gasteiger partial charge in [-0.3, -0.25) is 23.6 Å². The second-order valence-electron chi connectivity index (χ2n) is 19.6. The molecular formula is C49H49F2N11O4. The number of hydrogen-bond acceptors (Lipinski definition) is 7. The van der Waals surface area contributed by atoms with Crippen LogP contribution in [0, 0.1) is 31.4 Å². The van der Waals surface area contributed by atoms with Crippen molar-refractivity contribution in [3.63, 3.8) is 0 Å². The number of H-pyrrole nitrogens is 2. The molecule has 4 aliphatic rings. The Balaban J connectivity index is 1.02. The summed E-state index contributed by atoms with van der Waals surface area (Å²) in [6.07, 6.45) is 8.70. The summed E-state index contributed by atoms with van der Waals surface area (Å²) in [5.74, 6) is 0.100. The van der Waals surface area contributed by atoms with Crippen molar-refractivity contribution in [2.75, 3.05) is 6.61 Å². The Kier molecular flexibility index (Phi) is 8.65. The minimum absolute atomic E-state index is 0.0475. The van der Waals surface area contributed by atoms with Gasteiger partial charge in [0.15, 0.2) is 11.6 Å². The molecule has 12 rings (SSSR count). The molecule has 3 fully saturated rings. The lowest BCUT2D eigenvalue weighted by Gasteiger charge is -2.36. The van der Waals surface area contributed by atoms with Gasteiger partial charge in [0.05, 0.1) is 45.8 Å². The Hall–Kier alpha value is -6.88. The van der Waals surface area contributed by atoms with E-state index in [0.717, 1.165) is 29.4 Å². The van der Waals surface area contributed by atoms with Crippen molar-refractivity contribution in [1.82, 2.24) is 53.3 Å². The van der Waals surface area contributed by atoms with Crippen LogP contribution < -0.4 is 11.4 Å². The first-order chi connectivity index (χ1) is 31.6. The highest BCUT2D eigenvalue weighted by molar-refractivity contribution is 6.00. The molecule has 1 amide bonds. The van der Waals surface area contributed by atoms with E-state index in [-0.39, 0.29) is 46.3 Å². The number of rotatable bonds is 7. The van der Waals surface area contributed by atoms with Crippen molar-refractivity contribution in [2.24, 2.45) is 13.0 Å². The quantitative estimate of drug-likeness (QED) is 0.170. The highest BCUT2D eigenvalue weighted by Gasteiger charge is 2.59. The smallest absolute Gasteiger partial charge is 0.340 e. The van der Waals surface area contributed by atoms with Crippen molar-refractivity contribution in [3.8, 4) is 17.2 Å². The molecule has 17 heteroatoms. The fourth-order valence-corrected chi connectivity index (χ4v) is 11.8. The highest BCUT2D eigenvalue weighted by atomic mass is 19.1. The molecule has 8 heterocycles. The number of aryl methyl sites for hydroxylation is 3. The van der Waals surface area contributed by atoms with E-state index in [4.69, 9.17) is 9.84 Å². The van der Waals surface area contributed by atoms with Crippen molar-refractivity contribution in [1.29, 1.82) is 0 Å². The lowest BCUT2D eigenvalue weighted by molar-refractivity contribution is -0.0592. The first-order valence-electron chi connectivity index (χ1n) is 22.7. The van der Waals surface area contributed by atoms with E-state index in [1.165, 1.54) is 27.1 Å². The molecule has 2 N–H and O–H groups in total. The molecule has 15 nitrogen and oxygen atoms in total. The molecule has 8 aromatic rings. The molecule has 0 unspecified atom stereocenters. The number of nitrogens with zero attached hydrogens (tertiary/aromatic N) is 9. The maximum Gasteiger partial charge on any atom is 0.340 e. The minimum atomic E-state index is -0.785. The van der Waals surface area contributed by atoms with Gasteiger partial charge in [-0.2, -0.15) is 15.3 Å². The van der Waals surface area contributed by atoms with Crippen molar-refractivity contribution in [3.05, 3.63) is 139 Å². The zero-order valence-electron chi connectivity index (χ0n) is 37.5. The number of carbonyl (C=O) groups is 1. The summed E-state index contributed by atoms with van der Waals surface area (Å²) < 4.78 is 45.5. The van der Waals surface area contributed by atoms with Gasteiger partial charge < -0.3 is 14.2 Å². The first kappa shape index (κ1) is 40.6. The predicted molar refractivity (Wildman–Crippen MR) is 242 cm³/mol. The average Bonchev–Trinajstić information content (AvgIpc) is 3.99. The molecule has 66 heavy (non-hydrogen) atoms. The normalized spacial score (nSPS) is 23.3. The van der Waals surface area contributed by atoms with E-state index in [1.807, 2.05) is 11.0 Å². The van der Waals surface area contributed by atoms with E-state index in [9.17, 15) is 9.59 Å². The Morgan fingerprint density at radius 1 is 0.924 bits per heavy atom. The van der Waals surface area contributed by atoms with Gasteiger partial charge in [-0.1, -0.05) is 13.0 Å². The van der Waals surface area contributed by atoms with E-state index < -0.39 is 28.8 Å². The lowest BCUT2D eigenvalue weighted by atomic mass is 9.83. The number of amides is 1. The van der Waals surface area contributed by atoms with Crippen molar-refractivity contribution >= 4 is 27.7 Å². The van der Waals surface area contributed by atoms with Gasteiger partial charge in [0.25, 0.3) is 5.91 Å². The van der Waals surface area contributed by atoms with Crippen LogP contribution in [-0.2, 0) is 23.7 Å². The highest BCUT2D eigenvalue weighted by Crippen LogP contribution is 2.56. The van der Waals surface area contributed by atoms with Crippen LogP contribution in [0.2, 0.25) is 0 Å². The molecule has 0 radical (unpaired) electrons. The third kappa shape index (κ3) is 5.80. The standard InChI is InChI=1S/C49H49F2N11O4/c1-25-17-32(18-26(2)41(25)50)62-43(59-15-14-58(47(59)65)38-12-11-36-33(42(38)51)24-52-57(36)6)40-34(56-62)21-31-8-10-37(40)60(31)44(63)39-20-30-19-28(29-13-16-66-48(4,5)23-29)7-9-35(30)61(39)49(22-27(49)3)45-53-46(64)55-54-45/h7,9,11-12,14-15,17-20,24,27,29,31,37H,8,10,13,16,21-23H2,1-6H3,(H2,53,54,55,64)/t27-,29-,31+,37-,49-/m0/s1. The number of hydrogen-bond donors (Lipinski definition) is 2. The fourth-order valence-electron chi connectivity index (χ4n) is 11.8. The molecule has 1 saturated carbocycles. The Labute approximate surface area is 376 Å². The summed E-state index contributed by atoms with van der Waals surface area (Å²) in [6.45, 7) is 10.4. The van der Waals surface area contributed by atoms with Gasteiger partial charge in [0.1, 0.15) is 22.9 Å². The number of benzene rings is 3. The van der Waals surface area contributed by atoms with Gasteiger partial charge in [-0.15, -0.1) is 0 Å². The number of nitrogens with one attached hydrogen (secondary N) is 2. The molecule has 3 aromatic carbocycles. The Morgan fingerprint density at radius 3 is 2.41 bits per heavy atom. The van der Waals surface area contributed by atoms with Gasteiger partial charge in [-0.05, 0) is 131 Å². The maximum atomic E-state index is 16.2. The minimum Gasteiger partial charge on any atom is -0.376 e. The van der Waals surface area contributed by atoms with E-state index >= 15 is 13.6 Å². The van der Waals surface area contributed by atoms with Crippen molar-refractivity contribution in [2.45, 2.75) is 102 Å². The molecule has 2 bridgehead atoms. The molecule has 338 valence electrons. The van der Waals surface area contributed by atoms with E-state index in [0.29, 0.717) is 77.5 Å². The number of carbonyl (C=O) groups excluding carboxylic acids is 1. The summed E-state index contributed by atoms with van der Waals surface area (Å²) in [6, 6.07) is 14.4. The summed E-state index contributed by atoms with van der Waals surface area (Å²) in [4.78, 5) is 48.1. The van der Waals surface area contributed by atoms with E-state index in [2.05, 4.69) is 63.8 Å². The van der Waals surface area contributed by atoms with Crippen LogP contribution in [0.4, 0.5) is 8.78 Å². The van der Waals surface area contributed by atoms with Crippen LogP contribution >= 0.6 is 0 Å². The fraction of sp³-hybridized carbons (Fsp3) is 0.388. The number of aromatic amines is 2. The van der Waals surface area contributed by atoms with Gasteiger partial charge in [0, 0.05) is 55.0 Å². The summed E-state index contributed by atoms with van der Waals surface area (Å²) in [5, 5.41) is 17.6. The summed E-state index contributed by atoms with van der Waals surface area (Å²) in [5.41, 5.74) is 3.99. The van der Waals surface area contributed by atoms with Crippen molar-refractivity contribution < 1.29 is 18.3 Å². The number of ether oxygens (including phenoxy) is 1. The molecule has 2 saturated heterocycles.